The molecule has 0 fully saturated rings. The molecule has 2 rings (SSSR count). The minimum atomic E-state index is -1.14. The minimum absolute atomic E-state index is 0.0290. The Hall–Kier alpha value is -2.17. The van der Waals surface area contributed by atoms with Gasteiger partial charge in [0, 0.05) is 5.56 Å². The van der Waals surface area contributed by atoms with Crippen LogP contribution in [0.3, 0.4) is 0 Å². The van der Waals surface area contributed by atoms with Gasteiger partial charge >= 0.3 is 5.97 Å². The largest absolute Gasteiger partial charge is 0.477 e. The first-order chi connectivity index (χ1) is 8.00. The summed E-state index contributed by atoms with van der Waals surface area (Å²) in [6.07, 6.45) is 0. The van der Waals surface area contributed by atoms with Gasteiger partial charge in [-0.25, -0.2) is 9.18 Å². The van der Waals surface area contributed by atoms with E-state index in [1.54, 1.807) is 13.0 Å². The van der Waals surface area contributed by atoms with E-state index < -0.39 is 11.8 Å². The van der Waals surface area contributed by atoms with Gasteiger partial charge in [0.1, 0.15) is 22.8 Å². The molecule has 5 heteroatoms. The monoisotopic (exact) mass is 235 g/mol. The number of hydrogen-bond acceptors (Lipinski definition) is 3. The number of aryl methyl sites for hydroxylation is 2. The lowest BCUT2D eigenvalue weighted by Crippen LogP contribution is -2.00. The van der Waals surface area contributed by atoms with Crippen molar-refractivity contribution in [2.75, 3.05) is 0 Å². The first kappa shape index (κ1) is 11.3. The summed E-state index contributed by atoms with van der Waals surface area (Å²) < 4.78 is 18.0. The second-order valence-corrected chi connectivity index (χ2v) is 3.73. The van der Waals surface area contributed by atoms with Crippen LogP contribution in [0.5, 0.6) is 0 Å². The van der Waals surface area contributed by atoms with Crippen LogP contribution in [0.2, 0.25) is 0 Å². The molecule has 0 amide bonds. The van der Waals surface area contributed by atoms with E-state index in [2.05, 4.69) is 5.16 Å². The van der Waals surface area contributed by atoms with Gasteiger partial charge in [0.25, 0.3) is 0 Å². The molecule has 1 aromatic carbocycles. The third-order valence-corrected chi connectivity index (χ3v) is 2.53. The maximum absolute atomic E-state index is 13.2. The number of rotatable bonds is 2. The quantitative estimate of drug-likeness (QED) is 0.869. The fourth-order valence-electron chi connectivity index (χ4n) is 1.66. The molecule has 1 N–H and O–H groups in total. The average molecular weight is 235 g/mol. The molecule has 0 saturated carbocycles. The van der Waals surface area contributed by atoms with Gasteiger partial charge in [0.05, 0.1) is 0 Å². The molecule has 0 saturated heterocycles. The standard InChI is InChI=1S/C12H10FNO3/c1-6-3-4-8(13)5-9(6)11-10(12(15)16)7(2)17-14-11/h3-5H,1-2H3,(H,15,16). The molecule has 0 unspecified atom stereocenters. The highest BCUT2D eigenvalue weighted by atomic mass is 19.1. The van der Waals surface area contributed by atoms with E-state index >= 15 is 0 Å². The number of halogens is 1. The Morgan fingerprint density at radius 2 is 2.12 bits per heavy atom. The van der Waals surface area contributed by atoms with Gasteiger partial charge in [-0.05, 0) is 31.5 Å². The topological polar surface area (TPSA) is 63.3 Å². The molecule has 2 aromatic rings. The maximum atomic E-state index is 13.2. The van der Waals surface area contributed by atoms with Crippen LogP contribution in [0.25, 0.3) is 11.3 Å². The lowest BCUT2D eigenvalue weighted by molar-refractivity contribution is 0.0696. The van der Waals surface area contributed by atoms with Crippen molar-refractivity contribution in [3.63, 3.8) is 0 Å². The van der Waals surface area contributed by atoms with Crippen LogP contribution in [0.1, 0.15) is 21.7 Å². The van der Waals surface area contributed by atoms with E-state index in [-0.39, 0.29) is 17.0 Å². The molecule has 0 aliphatic rings. The van der Waals surface area contributed by atoms with Crippen LogP contribution in [-0.2, 0) is 0 Å². The van der Waals surface area contributed by atoms with Gasteiger partial charge in [-0.1, -0.05) is 11.2 Å². The summed E-state index contributed by atoms with van der Waals surface area (Å²) >= 11 is 0. The number of carboxylic acids is 1. The van der Waals surface area contributed by atoms with Crippen LogP contribution < -0.4 is 0 Å². The molecule has 17 heavy (non-hydrogen) atoms. The van der Waals surface area contributed by atoms with Crippen molar-refractivity contribution in [1.29, 1.82) is 0 Å². The molecule has 0 spiro atoms. The number of aromatic nitrogens is 1. The zero-order valence-corrected chi connectivity index (χ0v) is 9.32. The Bertz CT molecular complexity index is 589. The Morgan fingerprint density at radius 1 is 1.41 bits per heavy atom. The first-order valence-electron chi connectivity index (χ1n) is 4.97. The zero-order valence-electron chi connectivity index (χ0n) is 9.32. The lowest BCUT2D eigenvalue weighted by atomic mass is 10.0. The van der Waals surface area contributed by atoms with E-state index in [9.17, 15) is 9.18 Å². The van der Waals surface area contributed by atoms with Crippen LogP contribution in [0.4, 0.5) is 4.39 Å². The number of carboxylic acid groups (broad SMARTS) is 1. The fourth-order valence-corrected chi connectivity index (χ4v) is 1.66. The van der Waals surface area contributed by atoms with E-state index in [0.717, 1.165) is 5.56 Å². The number of hydrogen-bond donors (Lipinski definition) is 1. The predicted octanol–water partition coefficient (Wildman–Crippen LogP) is 2.80. The van der Waals surface area contributed by atoms with E-state index in [0.29, 0.717) is 5.56 Å². The summed E-state index contributed by atoms with van der Waals surface area (Å²) in [5, 5.41) is 12.7. The number of aromatic carboxylic acids is 1. The second-order valence-electron chi connectivity index (χ2n) is 3.73. The molecule has 0 atom stereocenters. The SMILES string of the molecule is Cc1ccc(F)cc1-c1noc(C)c1C(=O)O. The van der Waals surface area contributed by atoms with Crippen molar-refractivity contribution in [2.24, 2.45) is 0 Å². The number of carbonyl (C=O) groups is 1. The van der Waals surface area contributed by atoms with Crippen LogP contribution in [-0.4, -0.2) is 16.2 Å². The summed E-state index contributed by atoms with van der Waals surface area (Å²) in [7, 11) is 0. The molecule has 4 nitrogen and oxygen atoms in total. The zero-order chi connectivity index (χ0) is 12.6. The van der Waals surface area contributed by atoms with Gasteiger partial charge in [0.2, 0.25) is 0 Å². The Morgan fingerprint density at radius 3 is 2.76 bits per heavy atom. The van der Waals surface area contributed by atoms with E-state index in [4.69, 9.17) is 9.63 Å². The lowest BCUT2D eigenvalue weighted by Gasteiger charge is -2.03. The van der Waals surface area contributed by atoms with Crippen molar-refractivity contribution in [1.82, 2.24) is 5.16 Å². The second kappa shape index (κ2) is 4.01. The summed E-state index contributed by atoms with van der Waals surface area (Å²) in [6.45, 7) is 3.26. The number of benzene rings is 1. The van der Waals surface area contributed by atoms with Crippen LogP contribution in [0.15, 0.2) is 22.7 Å². The van der Waals surface area contributed by atoms with Crippen molar-refractivity contribution in [3.8, 4) is 11.3 Å². The Balaban J connectivity index is 2.68. The van der Waals surface area contributed by atoms with Gasteiger partial charge < -0.3 is 9.63 Å². The highest BCUT2D eigenvalue weighted by Crippen LogP contribution is 2.28. The van der Waals surface area contributed by atoms with Gasteiger partial charge in [-0.2, -0.15) is 0 Å². The third-order valence-electron chi connectivity index (χ3n) is 2.53. The molecule has 0 aliphatic heterocycles. The fraction of sp³-hybridized carbons (Fsp3) is 0.167. The van der Waals surface area contributed by atoms with Crippen LogP contribution >= 0.6 is 0 Å². The maximum Gasteiger partial charge on any atom is 0.341 e. The van der Waals surface area contributed by atoms with Gasteiger partial charge in [-0.15, -0.1) is 0 Å². The number of nitrogens with zero attached hydrogens (tertiary/aromatic N) is 1. The highest BCUT2D eigenvalue weighted by Gasteiger charge is 2.22. The first-order valence-corrected chi connectivity index (χ1v) is 4.97. The summed E-state index contributed by atoms with van der Waals surface area (Å²) in [5.74, 6) is -1.37. The van der Waals surface area contributed by atoms with Crippen molar-refractivity contribution >= 4 is 5.97 Å². The summed E-state index contributed by atoms with van der Waals surface area (Å²) in [5.41, 5.74) is 1.30. The summed E-state index contributed by atoms with van der Waals surface area (Å²) in [4.78, 5) is 11.1. The van der Waals surface area contributed by atoms with Crippen LogP contribution in [0, 0.1) is 19.7 Å². The van der Waals surface area contributed by atoms with Gasteiger partial charge in [0.15, 0.2) is 0 Å². The van der Waals surface area contributed by atoms with E-state index in [1.165, 1.54) is 19.1 Å². The van der Waals surface area contributed by atoms with E-state index in [1.807, 2.05) is 0 Å². The van der Waals surface area contributed by atoms with Gasteiger partial charge in [-0.3, -0.25) is 0 Å². The molecule has 0 bridgehead atoms. The van der Waals surface area contributed by atoms with Crippen molar-refractivity contribution < 1.29 is 18.8 Å². The average Bonchev–Trinajstić information content (AvgIpc) is 2.64. The Kier molecular flexibility index (Phi) is 2.67. The predicted molar refractivity (Wildman–Crippen MR) is 58.3 cm³/mol. The molecule has 1 aromatic heterocycles. The molecular formula is C12H10FNO3. The molecule has 1 heterocycles. The van der Waals surface area contributed by atoms with Crippen molar-refractivity contribution in [3.05, 3.63) is 40.9 Å². The highest BCUT2D eigenvalue weighted by molar-refractivity contribution is 5.96. The molecule has 0 aliphatic carbocycles. The smallest absolute Gasteiger partial charge is 0.341 e. The molecule has 88 valence electrons. The molecular weight excluding hydrogens is 225 g/mol. The third kappa shape index (κ3) is 1.91. The normalized spacial score (nSPS) is 10.5. The summed E-state index contributed by atoms with van der Waals surface area (Å²) in [6, 6.07) is 4.13. The Labute approximate surface area is 96.7 Å². The molecule has 0 radical (unpaired) electrons. The minimum Gasteiger partial charge on any atom is -0.477 e. The van der Waals surface area contributed by atoms with Crippen molar-refractivity contribution in [2.45, 2.75) is 13.8 Å².